The van der Waals surface area contributed by atoms with Crippen molar-refractivity contribution in [1.29, 1.82) is 0 Å². The molecule has 0 aliphatic rings. The van der Waals surface area contributed by atoms with E-state index in [4.69, 9.17) is 16.3 Å². The van der Waals surface area contributed by atoms with Crippen molar-refractivity contribution in [2.45, 2.75) is 33.1 Å². The molecule has 0 atom stereocenters. The predicted molar refractivity (Wildman–Crippen MR) is 69.6 cm³/mol. The highest BCUT2D eigenvalue weighted by molar-refractivity contribution is 8.02. The van der Waals surface area contributed by atoms with Gasteiger partial charge in [-0.1, -0.05) is 12.2 Å². The van der Waals surface area contributed by atoms with E-state index in [-0.39, 0.29) is 0 Å². The van der Waals surface area contributed by atoms with Crippen LogP contribution in [0.3, 0.4) is 0 Å². The first-order valence-electron chi connectivity index (χ1n) is 5.02. The first-order chi connectivity index (χ1) is 7.06. The van der Waals surface area contributed by atoms with Gasteiger partial charge in [0.2, 0.25) is 0 Å². The minimum atomic E-state index is 0.728. The maximum absolute atomic E-state index is 5.36. The van der Waals surface area contributed by atoms with E-state index in [0.29, 0.717) is 0 Å². The quantitative estimate of drug-likeness (QED) is 0.261. The second-order valence-corrected chi connectivity index (χ2v) is 5.05. The van der Waals surface area contributed by atoms with Crippen LogP contribution in [0, 0.1) is 0 Å². The molecule has 0 aliphatic carbocycles. The number of hydroxylamine groups is 2. The van der Waals surface area contributed by atoms with E-state index in [0.717, 1.165) is 36.6 Å². The summed E-state index contributed by atoms with van der Waals surface area (Å²) in [6.45, 7) is 12.5. The van der Waals surface area contributed by atoms with Crippen molar-refractivity contribution in [3.63, 3.8) is 0 Å². The Bertz CT molecular complexity index is 209. The average molecular weight is 250 g/mol. The molecule has 15 heavy (non-hydrogen) atoms. The van der Waals surface area contributed by atoms with Crippen molar-refractivity contribution in [3.8, 4) is 0 Å². The summed E-state index contributed by atoms with van der Waals surface area (Å²) in [5.74, 6) is 0.728. The van der Waals surface area contributed by atoms with E-state index in [9.17, 15) is 0 Å². The van der Waals surface area contributed by atoms with Gasteiger partial charge in [0.05, 0.1) is 17.7 Å². The van der Waals surface area contributed by atoms with Crippen LogP contribution < -0.4 is 0 Å². The van der Waals surface area contributed by atoms with Gasteiger partial charge in [-0.15, -0.1) is 18.3 Å². The highest BCUT2D eigenvalue weighted by atomic mass is 35.5. The fourth-order valence-electron chi connectivity index (χ4n) is 1.02. The molecule has 0 aromatic rings. The molecule has 0 fully saturated rings. The summed E-state index contributed by atoms with van der Waals surface area (Å²) in [7, 11) is 0. The van der Waals surface area contributed by atoms with E-state index in [1.807, 2.05) is 13.8 Å². The SMILES string of the molecule is C=C(C)CCCCN(CSC(=C)C)OCl. The van der Waals surface area contributed by atoms with Crippen molar-refractivity contribution >= 4 is 23.6 Å². The molecule has 0 saturated heterocycles. The summed E-state index contributed by atoms with van der Waals surface area (Å²) in [4.78, 5) is 1.07. The second kappa shape index (κ2) is 9.28. The van der Waals surface area contributed by atoms with Crippen LogP contribution in [0.4, 0.5) is 0 Å². The van der Waals surface area contributed by atoms with Gasteiger partial charge in [-0.05, 0) is 38.0 Å². The Labute approximate surface area is 102 Å². The van der Waals surface area contributed by atoms with Gasteiger partial charge in [0, 0.05) is 6.54 Å². The molecule has 0 amide bonds. The molecular weight excluding hydrogens is 230 g/mol. The zero-order chi connectivity index (χ0) is 11.7. The van der Waals surface area contributed by atoms with Crippen LogP contribution in [0.5, 0.6) is 0 Å². The minimum Gasteiger partial charge on any atom is -0.187 e. The van der Waals surface area contributed by atoms with E-state index in [1.54, 1.807) is 16.8 Å². The Balaban J connectivity index is 3.52. The summed E-state index contributed by atoms with van der Waals surface area (Å²) in [5.41, 5.74) is 1.23. The number of allylic oxidation sites excluding steroid dienone is 2. The standard InChI is InChI=1S/C11H20ClNOS/c1-10(2)7-5-6-8-13(14-12)9-15-11(3)4/h1,3,5-9H2,2,4H3. The second-order valence-electron chi connectivity index (χ2n) is 3.66. The molecule has 0 bridgehead atoms. The summed E-state index contributed by atoms with van der Waals surface area (Å²) in [5, 5.41) is 1.74. The lowest BCUT2D eigenvalue weighted by Crippen LogP contribution is -2.21. The first kappa shape index (κ1) is 15.0. The van der Waals surface area contributed by atoms with Crippen LogP contribution >= 0.6 is 23.6 Å². The highest BCUT2D eigenvalue weighted by Gasteiger charge is 2.04. The van der Waals surface area contributed by atoms with Gasteiger partial charge in [-0.3, -0.25) is 0 Å². The molecule has 0 aliphatic heterocycles. The molecule has 0 rings (SSSR count). The van der Waals surface area contributed by atoms with Gasteiger partial charge in [-0.2, -0.15) is 9.45 Å². The summed E-state index contributed by atoms with van der Waals surface area (Å²) in [6.07, 6.45) is 3.27. The molecule has 0 radical (unpaired) electrons. The Morgan fingerprint density at radius 3 is 2.47 bits per heavy atom. The van der Waals surface area contributed by atoms with Gasteiger partial charge in [0.1, 0.15) is 0 Å². The molecule has 2 nitrogen and oxygen atoms in total. The number of hydrogen-bond donors (Lipinski definition) is 0. The number of thioether (sulfide) groups is 1. The average Bonchev–Trinajstić information content (AvgIpc) is 2.16. The third-order valence-corrected chi connectivity index (χ3v) is 2.92. The Morgan fingerprint density at radius 1 is 1.33 bits per heavy atom. The van der Waals surface area contributed by atoms with Crippen LogP contribution in [0.25, 0.3) is 0 Å². The Morgan fingerprint density at radius 2 is 2.00 bits per heavy atom. The van der Waals surface area contributed by atoms with E-state index in [1.165, 1.54) is 5.57 Å². The highest BCUT2D eigenvalue weighted by Crippen LogP contribution is 2.15. The molecule has 88 valence electrons. The topological polar surface area (TPSA) is 12.5 Å². The Hall–Kier alpha value is 0.0400. The molecule has 0 aromatic carbocycles. The molecule has 0 unspecified atom stereocenters. The molecule has 0 N–H and O–H groups in total. The van der Waals surface area contributed by atoms with Crippen molar-refractivity contribution in [1.82, 2.24) is 5.06 Å². The lowest BCUT2D eigenvalue weighted by molar-refractivity contribution is -0.0303. The minimum absolute atomic E-state index is 0.728. The molecule has 0 saturated carbocycles. The monoisotopic (exact) mass is 249 g/mol. The van der Waals surface area contributed by atoms with Gasteiger partial charge >= 0.3 is 0 Å². The number of rotatable bonds is 9. The molecule has 4 heteroatoms. The van der Waals surface area contributed by atoms with Crippen LogP contribution in [0.2, 0.25) is 0 Å². The van der Waals surface area contributed by atoms with Crippen LogP contribution in [-0.2, 0) is 4.39 Å². The van der Waals surface area contributed by atoms with E-state index in [2.05, 4.69) is 13.2 Å². The first-order valence-corrected chi connectivity index (χ1v) is 6.32. The maximum Gasteiger partial charge on any atom is 0.0840 e. The van der Waals surface area contributed by atoms with Crippen molar-refractivity contribution in [3.05, 3.63) is 23.6 Å². The summed E-state index contributed by atoms with van der Waals surface area (Å²) in [6, 6.07) is 0. The number of hydrogen-bond acceptors (Lipinski definition) is 3. The lowest BCUT2D eigenvalue weighted by atomic mass is 10.1. The summed E-state index contributed by atoms with van der Waals surface area (Å²) < 4.78 is 4.73. The fourth-order valence-corrected chi connectivity index (χ4v) is 1.74. The molecular formula is C11H20ClNOS. The predicted octanol–water partition coefficient (Wildman–Crippen LogP) is 4.34. The fraction of sp³-hybridized carbons (Fsp3) is 0.636. The van der Waals surface area contributed by atoms with E-state index >= 15 is 0 Å². The Kier molecular flexibility index (Phi) is 9.30. The zero-order valence-electron chi connectivity index (χ0n) is 9.59. The largest absolute Gasteiger partial charge is 0.187 e. The van der Waals surface area contributed by atoms with Crippen molar-refractivity contribution in [2.75, 3.05) is 12.4 Å². The maximum atomic E-state index is 5.36. The van der Waals surface area contributed by atoms with E-state index < -0.39 is 0 Å². The van der Waals surface area contributed by atoms with Crippen LogP contribution in [0.1, 0.15) is 33.1 Å². The normalized spacial score (nSPS) is 10.7. The smallest absolute Gasteiger partial charge is 0.0840 e. The number of unbranched alkanes of at least 4 members (excludes halogenated alkanes) is 1. The third kappa shape index (κ3) is 10.3. The number of halogens is 1. The zero-order valence-corrected chi connectivity index (χ0v) is 11.2. The van der Waals surface area contributed by atoms with Crippen LogP contribution in [0.15, 0.2) is 23.6 Å². The summed E-state index contributed by atoms with van der Waals surface area (Å²) >= 11 is 6.99. The van der Waals surface area contributed by atoms with Gasteiger partial charge in [-0.25, -0.2) is 0 Å². The van der Waals surface area contributed by atoms with Crippen LogP contribution in [-0.4, -0.2) is 17.5 Å². The van der Waals surface area contributed by atoms with Crippen molar-refractivity contribution in [2.24, 2.45) is 0 Å². The molecule has 0 aromatic heterocycles. The van der Waals surface area contributed by atoms with Gasteiger partial charge in [0.25, 0.3) is 0 Å². The molecule has 0 spiro atoms. The lowest BCUT2D eigenvalue weighted by Gasteiger charge is -2.16. The van der Waals surface area contributed by atoms with Gasteiger partial charge in [0.15, 0.2) is 0 Å². The molecule has 0 heterocycles. The number of nitrogens with zero attached hydrogens (tertiary/aromatic N) is 1. The van der Waals surface area contributed by atoms with Gasteiger partial charge < -0.3 is 0 Å². The van der Waals surface area contributed by atoms with Crippen molar-refractivity contribution < 1.29 is 4.39 Å². The third-order valence-electron chi connectivity index (χ3n) is 1.81.